The van der Waals surface area contributed by atoms with E-state index >= 15 is 0 Å². The zero-order chi connectivity index (χ0) is 25.7. The lowest BCUT2D eigenvalue weighted by Gasteiger charge is -2.13. The summed E-state index contributed by atoms with van der Waals surface area (Å²) >= 11 is 0. The predicted octanol–water partition coefficient (Wildman–Crippen LogP) is 8.21. The summed E-state index contributed by atoms with van der Waals surface area (Å²) in [7, 11) is 2.11. The molecule has 6 aromatic rings. The quantitative estimate of drug-likeness (QED) is 0.240. The van der Waals surface area contributed by atoms with Gasteiger partial charge in [-0.25, -0.2) is 0 Å². The summed E-state index contributed by atoms with van der Waals surface area (Å²) in [5, 5.41) is 11.8. The third-order valence-corrected chi connectivity index (χ3v) is 7.64. The SMILES string of the molecule is Cc1ccc2c(oc3c(-c4ccccc4)ccc(C#N)c32)c1-c1cc(-c2ccccc2)c(C)c(C)[n+]1C. The van der Waals surface area contributed by atoms with Crippen LogP contribution in [0.2, 0.25) is 0 Å². The van der Waals surface area contributed by atoms with Gasteiger partial charge >= 0.3 is 0 Å². The van der Waals surface area contributed by atoms with Gasteiger partial charge in [0.1, 0.15) is 18.2 Å². The van der Waals surface area contributed by atoms with E-state index in [1.165, 1.54) is 22.4 Å². The molecule has 178 valence electrons. The number of aromatic nitrogens is 1. The average molecular weight is 480 g/mol. The van der Waals surface area contributed by atoms with Crippen LogP contribution in [0.25, 0.3) is 55.4 Å². The summed E-state index contributed by atoms with van der Waals surface area (Å²) in [6.07, 6.45) is 0. The molecule has 3 nitrogen and oxygen atoms in total. The summed E-state index contributed by atoms with van der Waals surface area (Å²) in [5.74, 6) is 0. The van der Waals surface area contributed by atoms with Crippen LogP contribution in [0.4, 0.5) is 0 Å². The standard InChI is InChI=1S/C34H27N2O/c1-21-15-17-28-32-26(20-35)16-18-27(24-11-7-5-8-12-24)33(32)37-34(28)31(21)30-19-29(22(2)23(3)36(30)4)25-13-9-6-10-14-25/h5-19H,1-4H3/q+1. The number of benzene rings is 4. The molecule has 0 N–H and O–H groups in total. The van der Waals surface area contributed by atoms with Crippen LogP contribution in [0.1, 0.15) is 22.4 Å². The van der Waals surface area contributed by atoms with Crippen molar-refractivity contribution in [2.75, 3.05) is 0 Å². The molecule has 37 heavy (non-hydrogen) atoms. The Balaban J connectivity index is 1.72. The van der Waals surface area contributed by atoms with Gasteiger partial charge in [0.15, 0.2) is 5.69 Å². The zero-order valence-corrected chi connectivity index (χ0v) is 21.5. The molecule has 0 saturated heterocycles. The summed E-state index contributed by atoms with van der Waals surface area (Å²) in [6.45, 7) is 6.48. The van der Waals surface area contributed by atoms with E-state index in [2.05, 4.69) is 93.1 Å². The lowest BCUT2D eigenvalue weighted by atomic mass is 9.93. The number of furan rings is 1. The Morgan fingerprint density at radius 3 is 2.03 bits per heavy atom. The normalized spacial score (nSPS) is 11.2. The number of rotatable bonds is 3. The molecule has 0 saturated carbocycles. The Morgan fingerprint density at radius 2 is 1.38 bits per heavy atom. The second-order valence-electron chi connectivity index (χ2n) is 9.66. The monoisotopic (exact) mass is 479 g/mol. The van der Waals surface area contributed by atoms with E-state index in [1.54, 1.807) is 0 Å². The summed E-state index contributed by atoms with van der Waals surface area (Å²) in [4.78, 5) is 0. The van der Waals surface area contributed by atoms with Crippen molar-refractivity contribution in [3.05, 3.63) is 113 Å². The fourth-order valence-electron chi connectivity index (χ4n) is 5.42. The molecule has 0 fully saturated rings. The van der Waals surface area contributed by atoms with Gasteiger partial charge in [-0.3, -0.25) is 0 Å². The fraction of sp³-hybridized carbons (Fsp3) is 0.118. The molecule has 0 amide bonds. The molecule has 2 aromatic heterocycles. The molecule has 2 heterocycles. The first-order valence-corrected chi connectivity index (χ1v) is 12.5. The Hall–Kier alpha value is -4.68. The molecule has 0 bridgehead atoms. The van der Waals surface area contributed by atoms with Gasteiger partial charge in [0.25, 0.3) is 0 Å². The van der Waals surface area contributed by atoms with Crippen LogP contribution in [0.5, 0.6) is 0 Å². The number of aryl methyl sites for hydroxylation is 1. The van der Waals surface area contributed by atoms with Crippen LogP contribution in [0, 0.1) is 32.1 Å². The number of fused-ring (bicyclic) bond motifs is 3. The molecule has 0 aliphatic rings. The van der Waals surface area contributed by atoms with Gasteiger partial charge in [-0.1, -0.05) is 72.8 Å². The largest absolute Gasteiger partial charge is 0.454 e. The Bertz CT molecular complexity index is 1860. The highest BCUT2D eigenvalue weighted by Gasteiger charge is 2.26. The lowest BCUT2D eigenvalue weighted by Crippen LogP contribution is -2.36. The van der Waals surface area contributed by atoms with Gasteiger partial charge in [-0.2, -0.15) is 9.83 Å². The summed E-state index contributed by atoms with van der Waals surface area (Å²) in [6, 6.07) is 33.5. The molecular formula is C34H27N2O+. The van der Waals surface area contributed by atoms with Gasteiger partial charge in [-0.15, -0.1) is 0 Å². The van der Waals surface area contributed by atoms with Crippen molar-refractivity contribution >= 4 is 21.9 Å². The Labute approximate surface area is 216 Å². The van der Waals surface area contributed by atoms with Crippen molar-refractivity contribution in [2.24, 2.45) is 7.05 Å². The number of pyridine rings is 1. The van der Waals surface area contributed by atoms with E-state index in [4.69, 9.17) is 4.42 Å². The van der Waals surface area contributed by atoms with Crippen LogP contribution in [0.3, 0.4) is 0 Å². The molecule has 0 radical (unpaired) electrons. The molecule has 4 aromatic carbocycles. The van der Waals surface area contributed by atoms with Crippen LogP contribution in [-0.2, 0) is 7.05 Å². The minimum Gasteiger partial charge on any atom is -0.454 e. The molecule has 0 atom stereocenters. The van der Waals surface area contributed by atoms with Crippen LogP contribution >= 0.6 is 0 Å². The minimum absolute atomic E-state index is 0.623. The van der Waals surface area contributed by atoms with E-state index in [-0.39, 0.29) is 0 Å². The van der Waals surface area contributed by atoms with Crippen molar-refractivity contribution in [1.82, 2.24) is 0 Å². The van der Waals surface area contributed by atoms with E-state index in [1.807, 2.05) is 36.4 Å². The van der Waals surface area contributed by atoms with Gasteiger partial charge in [0.2, 0.25) is 5.69 Å². The second kappa shape index (κ2) is 8.76. The van der Waals surface area contributed by atoms with E-state index < -0.39 is 0 Å². The van der Waals surface area contributed by atoms with Crippen LogP contribution in [-0.4, -0.2) is 0 Å². The molecular weight excluding hydrogens is 452 g/mol. The Morgan fingerprint density at radius 1 is 0.730 bits per heavy atom. The maximum Gasteiger partial charge on any atom is 0.217 e. The molecule has 3 heteroatoms. The molecule has 0 aliphatic carbocycles. The fourth-order valence-corrected chi connectivity index (χ4v) is 5.42. The third-order valence-electron chi connectivity index (χ3n) is 7.64. The van der Waals surface area contributed by atoms with Crippen molar-refractivity contribution < 1.29 is 8.98 Å². The second-order valence-corrected chi connectivity index (χ2v) is 9.66. The van der Waals surface area contributed by atoms with Crippen molar-refractivity contribution in [3.8, 4) is 39.6 Å². The highest BCUT2D eigenvalue weighted by Crippen LogP contribution is 2.42. The first-order valence-electron chi connectivity index (χ1n) is 12.5. The topological polar surface area (TPSA) is 40.8 Å². The van der Waals surface area contributed by atoms with Crippen molar-refractivity contribution in [1.29, 1.82) is 5.26 Å². The first-order chi connectivity index (χ1) is 18.0. The van der Waals surface area contributed by atoms with Gasteiger partial charge in [-0.05, 0) is 48.2 Å². The number of nitrogens with zero attached hydrogens (tertiary/aromatic N) is 2. The predicted molar refractivity (Wildman–Crippen MR) is 150 cm³/mol. The Kier molecular flexibility index (Phi) is 5.39. The van der Waals surface area contributed by atoms with E-state index in [9.17, 15) is 5.26 Å². The average Bonchev–Trinajstić information content (AvgIpc) is 3.32. The van der Waals surface area contributed by atoms with Gasteiger partial charge in [0, 0.05) is 34.9 Å². The van der Waals surface area contributed by atoms with E-state index in [0.29, 0.717) is 5.56 Å². The highest BCUT2D eigenvalue weighted by atomic mass is 16.3. The molecule has 6 rings (SSSR count). The van der Waals surface area contributed by atoms with E-state index in [0.717, 1.165) is 49.9 Å². The highest BCUT2D eigenvalue weighted by molar-refractivity contribution is 6.15. The smallest absolute Gasteiger partial charge is 0.217 e. The first kappa shape index (κ1) is 22.8. The van der Waals surface area contributed by atoms with Gasteiger partial charge < -0.3 is 4.42 Å². The maximum absolute atomic E-state index is 9.99. The minimum atomic E-state index is 0.623. The third kappa shape index (κ3) is 3.53. The maximum atomic E-state index is 9.99. The van der Waals surface area contributed by atoms with Gasteiger partial charge in [0.05, 0.1) is 17.2 Å². The molecule has 0 spiro atoms. The van der Waals surface area contributed by atoms with Crippen LogP contribution in [0.15, 0.2) is 95.4 Å². The van der Waals surface area contributed by atoms with Crippen molar-refractivity contribution in [2.45, 2.75) is 20.8 Å². The molecule has 0 aliphatic heterocycles. The number of hydrogen-bond donors (Lipinski definition) is 0. The van der Waals surface area contributed by atoms with Crippen molar-refractivity contribution in [3.63, 3.8) is 0 Å². The molecule has 0 unspecified atom stereocenters. The van der Waals surface area contributed by atoms with Crippen LogP contribution < -0.4 is 4.57 Å². The lowest BCUT2D eigenvalue weighted by molar-refractivity contribution is -0.666. The summed E-state index contributed by atoms with van der Waals surface area (Å²) in [5.41, 5.74) is 12.4. The summed E-state index contributed by atoms with van der Waals surface area (Å²) < 4.78 is 9.00. The number of hydrogen-bond acceptors (Lipinski definition) is 2. The zero-order valence-electron chi connectivity index (χ0n) is 21.5. The number of nitriles is 1.